The molecule has 0 aromatic rings. The molecule has 0 radical (unpaired) electrons. The van der Waals surface area contributed by atoms with E-state index in [1.54, 1.807) is 0 Å². The minimum Gasteiger partial charge on any atom is -0.396 e. The number of hydrogen-bond donors (Lipinski definition) is 5. The second-order valence-electron chi connectivity index (χ2n) is 6.56. The van der Waals surface area contributed by atoms with Crippen LogP contribution in [0, 0.1) is 0 Å². The van der Waals surface area contributed by atoms with Gasteiger partial charge in [0.05, 0.1) is 24.9 Å². The van der Waals surface area contributed by atoms with Gasteiger partial charge in [0, 0.05) is 25.5 Å². The van der Waals surface area contributed by atoms with Crippen molar-refractivity contribution in [1.82, 2.24) is 5.32 Å². The van der Waals surface area contributed by atoms with E-state index >= 15 is 0 Å². The van der Waals surface area contributed by atoms with Crippen LogP contribution in [0.5, 0.6) is 0 Å². The fourth-order valence-electron chi connectivity index (χ4n) is 3.02. The zero-order valence-corrected chi connectivity index (χ0v) is 14.4. The first-order valence-electron chi connectivity index (χ1n) is 9.10. The van der Waals surface area contributed by atoms with Crippen molar-refractivity contribution in [2.45, 2.75) is 82.1 Å². The first-order valence-corrected chi connectivity index (χ1v) is 9.10. The number of carbonyl (C=O) groups excluding carboxylic acids is 1. The van der Waals surface area contributed by atoms with Crippen molar-refractivity contribution in [3.63, 3.8) is 0 Å². The molecule has 140 valence electrons. The zero-order valence-electron chi connectivity index (χ0n) is 14.4. The van der Waals surface area contributed by atoms with Crippen LogP contribution in [-0.2, 0) is 4.79 Å². The lowest BCUT2D eigenvalue weighted by molar-refractivity contribution is -0.119. The Hall–Kier alpha value is -0.790. The summed E-state index contributed by atoms with van der Waals surface area (Å²) in [6, 6.07) is -0.623. The van der Waals surface area contributed by atoms with Crippen molar-refractivity contribution in [3.8, 4) is 0 Å². The molecule has 0 aromatic heterocycles. The first kappa shape index (κ1) is 21.3. The number of allylic oxidation sites excluding steroid dienone is 2. The normalized spacial score (nSPS) is 27.2. The van der Waals surface area contributed by atoms with Crippen LogP contribution in [-0.4, -0.2) is 63.7 Å². The Bertz CT molecular complexity index is 374. The van der Waals surface area contributed by atoms with Crippen molar-refractivity contribution in [1.29, 1.82) is 0 Å². The molecule has 1 heterocycles. The SMILES string of the molecule is O=C(CCCCO)CCCC/C=C/CC[C@H]1N[C@H](CO)[C@H](O)[C@@H]1O. The highest BCUT2D eigenvalue weighted by Crippen LogP contribution is 2.18. The second-order valence-corrected chi connectivity index (χ2v) is 6.56. The predicted octanol–water partition coefficient (Wildman–Crippen LogP) is 0.669. The number of aliphatic hydroxyl groups excluding tert-OH is 4. The van der Waals surface area contributed by atoms with Gasteiger partial charge in [0.25, 0.3) is 0 Å². The molecule has 4 atom stereocenters. The lowest BCUT2D eigenvalue weighted by Gasteiger charge is -2.14. The highest BCUT2D eigenvalue weighted by atomic mass is 16.3. The Balaban J connectivity index is 2.01. The average Bonchev–Trinajstić information content (AvgIpc) is 2.85. The smallest absolute Gasteiger partial charge is 0.132 e. The maximum Gasteiger partial charge on any atom is 0.132 e. The maximum absolute atomic E-state index is 11.5. The summed E-state index contributed by atoms with van der Waals surface area (Å²) < 4.78 is 0. The van der Waals surface area contributed by atoms with Gasteiger partial charge in [-0.1, -0.05) is 12.2 Å². The first-order chi connectivity index (χ1) is 11.6. The van der Waals surface area contributed by atoms with E-state index in [0.29, 0.717) is 25.7 Å². The number of nitrogens with one attached hydrogen (secondary N) is 1. The zero-order chi connectivity index (χ0) is 17.8. The summed E-state index contributed by atoms with van der Waals surface area (Å²) in [7, 11) is 0. The van der Waals surface area contributed by atoms with Gasteiger partial charge in [0.2, 0.25) is 0 Å². The van der Waals surface area contributed by atoms with Crippen LogP contribution < -0.4 is 5.32 Å². The van der Waals surface area contributed by atoms with Crippen LogP contribution in [0.1, 0.15) is 57.8 Å². The Labute approximate surface area is 144 Å². The summed E-state index contributed by atoms with van der Waals surface area (Å²) in [4.78, 5) is 11.5. The summed E-state index contributed by atoms with van der Waals surface area (Å²) in [5.41, 5.74) is 0. The van der Waals surface area contributed by atoms with Gasteiger partial charge in [0.1, 0.15) is 5.78 Å². The molecule has 0 aliphatic carbocycles. The number of rotatable bonds is 13. The van der Waals surface area contributed by atoms with Crippen molar-refractivity contribution in [2.75, 3.05) is 13.2 Å². The van der Waals surface area contributed by atoms with E-state index in [1.165, 1.54) is 0 Å². The summed E-state index contributed by atoms with van der Waals surface area (Å²) in [6.07, 6.45) is 9.45. The molecule has 1 aliphatic rings. The third-order valence-corrected chi connectivity index (χ3v) is 4.55. The lowest BCUT2D eigenvalue weighted by Crippen LogP contribution is -2.36. The summed E-state index contributed by atoms with van der Waals surface area (Å²) >= 11 is 0. The number of unbranched alkanes of at least 4 members (excludes halogenated alkanes) is 3. The molecule has 6 nitrogen and oxygen atoms in total. The number of hydrogen-bond acceptors (Lipinski definition) is 6. The van der Waals surface area contributed by atoms with Crippen molar-refractivity contribution in [2.24, 2.45) is 0 Å². The van der Waals surface area contributed by atoms with E-state index in [1.807, 2.05) is 0 Å². The minimum absolute atomic E-state index is 0.158. The van der Waals surface area contributed by atoms with Gasteiger partial charge in [-0.3, -0.25) is 4.79 Å². The fourth-order valence-corrected chi connectivity index (χ4v) is 3.02. The van der Waals surface area contributed by atoms with E-state index in [-0.39, 0.29) is 25.0 Å². The van der Waals surface area contributed by atoms with Crippen LogP contribution in [0.25, 0.3) is 0 Å². The van der Waals surface area contributed by atoms with E-state index < -0.39 is 18.2 Å². The molecule has 0 aromatic carbocycles. The summed E-state index contributed by atoms with van der Waals surface area (Å²) in [5.74, 6) is 0.283. The molecule has 1 rings (SSSR count). The van der Waals surface area contributed by atoms with Crippen LogP contribution in [0.3, 0.4) is 0 Å². The highest BCUT2D eigenvalue weighted by molar-refractivity contribution is 5.78. The van der Waals surface area contributed by atoms with Gasteiger partial charge < -0.3 is 25.7 Å². The Morgan fingerprint density at radius 1 is 0.875 bits per heavy atom. The Morgan fingerprint density at radius 3 is 2.12 bits per heavy atom. The van der Waals surface area contributed by atoms with Crippen molar-refractivity contribution < 1.29 is 25.2 Å². The number of ketones is 1. The molecule has 1 aliphatic heterocycles. The fraction of sp³-hybridized carbons (Fsp3) is 0.833. The highest BCUT2D eigenvalue weighted by Gasteiger charge is 2.39. The summed E-state index contributed by atoms with van der Waals surface area (Å²) in [6.45, 7) is -0.0195. The molecule has 0 amide bonds. The van der Waals surface area contributed by atoms with Gasteiger partial charge in [-0.2, -0.15) is 0 Å². The third kappa shape index (κ3) is 7.85. The van der Waals surface area contributed by atoms with Crippen LogP contribution in [0.15, 0.2) is 12.2 Å². The summed E-state index contributed by atoms with van der Waals surface area (Å²) in [5, 5.41) is 40.4. The molecule has 6 heteroatoms. The van der Waals surface area contributed by atoms with Crippen LogP contribution >= 0.6 is 0 Å². The number of aliphatic hydroxyl groups is 4. The van der Waals surface area contributed by atoms with Gasteiger partial charge in [0.15, 0.2) is 0 Å². The monoisotopic (exact) mass is 343 g/mol. The predicted molar refractivity (Wildman–Crippen MR) is 92.6 cm³/mol. The van der Waals surface area contributed by atoms with Crippen LogP contribution in [0.2, 0.25) is 0 Å². The van der Waals surface area contributed by atoms with E-state index in [0.717, 1.165) is 32.1 Å². The quantitative estimate of drug-likeness (QED) is 0.248. The molecule has 24 heavy (non-hydrogen) atoms. The lowest BCUT2D eigenvalue weighted by atomic mass is 10.0. The number of Topliss-reactive ketones (excluding diaryl/α,β-unsaturated/α-hetero) is 1. The minimum atomic E-state index is -0.904. The topological polar surface area (TPSA) is 110 Å². The molecule has 5 N–H and O–H groups in total. The second kappa shape index (κ2) is 12.6. The molecule has 1 fully saturated rings. The number of carbonyl (C=O) groups is 1. The van der Waals surface area contributed by atoms with E-state index in [4.69, 9.17) is 10.2 Å². The molecule has 0 saturated carbocycles. The third-order valence-electron chi connectivity index (χ3n) is 4.55. The molecule has 1 saturated heterocycles. The van der Waals surface area contributed by atoms with Crippen molar-refractivity contribution >= 4 is 5.78 Å². The molecular formula is C18H33NO5. The molecule has 0 bridgehead atoms. The molecular weight excluding hydrogens is 310 g/mol. The Morgan fingerprint density at radius 2 is 1.50 bits per heavy atom. The van der Waals surface area contributed by atoms with Gasteiger partial charge in [-0.25, -0.2) is 0 Å². The largest absolute Gasteiger partial charge is 0.396 e. The van der Waals surface area contributed by atoms with Gasteiger partial charge >= 0.3 is 0 Å². The molecule has 0 spiro atoms. The van der Waals surface area contributed by atoms with Crippen LogP contribution in [0.4, 0.5) is 0 Å². The van der Waals surface area contributed by atoms with Gasteiger partial charge in [-0.05, 0) is 44.9 Å². The molecule has 0 unspecified atom stereocenters. The maximum atomic E-state index is 11.5. The van der Waals surface area contributed by atoms with E-state index in [9.17, 15) is 15.0 Å². The average molecular weight is 343 g/mol. The standard InChI is InChI=1S/C18H33NO5/c20-12-8-7-10-14(22)9-5-3-1-2-4-6-11-15-17(23)18(24)16(13-21)19-15/h2,4,15-21,23-24H,1,3,5-13H2/b4-2+/t15-,16-,17-,18+/m1/s1. The van der Waals surface area contributed by atoms with E-state index in [2.05, 4.69) is 17.5 Å². The van der Waals surface area contributed by atoms with Crippen molar-refractivity contribution in [3.05, 3.63) is 12.2 Å². The van der Waals surface area contributed by atoms with Gasteiger partial charge in [-0.15, -0.1) is 0 Å². The Kier molecular flexibility index (Phi) is 11.1.